The van der Waals surface area contributed by atoms with Crippen LogP contribution in [0.4, 0.5) is 0 Å². The summed E-state index contributed by atoms with van der Waals surface area (Å²) in [5.74, 6) is 0.832. The van der Waals surface area contributed by atoms with E-state index in [1.54, 1.807) is 0 Å². The maximum atomic E-state index is 6.55. The van der Waals surface area contributed by atoms with Crippen LogP contribution < -0.4 is 0 Å². The Morgan fingerprint density at radius 2 is 1.25 bits per heavy atom. The van der Waals surface area contributed by atoms with Gasteiger partial charge >= 0.3 is 0 Å². The summed E-state index contributed by atoms with van der Waals surface area (Å²) in [6, 6.07) is 53.6. The standard InChI is InChI=1S/C51H38OS/c1-33(27-28-36-32-51(3,4)46-24-14-12-20-39(36)46)37-18-7-5-6-8-19-38(41-22-11-10-21-40(37)41)34(2)43-30-45-42-23-13-16-26-49(42)53-50(45)31-44(43)48-29-35-17-9-15-25-47(35)52-48/h5-32H,1-2H2,3-4H3/b6-5?,7-5?,8-6?,18-7?,19-8?,28-27-,37-18?,38-19?,40-37?,41-38?. The first-order chi connectivity index (χ1) is 25.9. The zero-order valence-electron chi connectivity index (χ0n) is 29.9. The van der Waals surface area contributed by atoms with E-state index in [9.17, 15) is 0 Å². The van der Waals surface area contributed by atoms with Gasteiger partial charge in [0.1, 0.15) is 11.3 Å². The lowest BCUT2D eigenvalue weighted by molar-refractivity contribution is 0.631. The van der Waals surface area contributed by atoms with Crippen LogP contribution in [0.1, 0.15) is 41.7 Å². The number of hydrogen-bond donors (Lipinski definition) is 0. The van der Waals surface area contributed by atoms with Gasteiger partial charge in [0.15, 0.2) is 0 Å². The van der Waals surface area contributed by atoms with Crippen LogP contribution in [0.25, 0.3) is 70.0 Å². The fourth-order valence-electron chi connectivity index (χ4n) is 7.85. The number of allylic oxidation sites excluding steroid dienone is 5. The van der Waals surface area contributed by atoms with Gasteiger partial charge in [-0.05, 0) is 85.6 Å². The highest BCUT2D eigenvalue weighted by Gasteiger charge is 2.28. The zero-order valence-corrected chi connectivity index (χ0v) is 30.7. The largest absolute Gasteiger partial charge is 0.456 e. The van der Waals surface area contributed by atoms with Crippen LogP contribution in [0.2, 0.25) is 0 Å². The molecule has 0 unspecified atom stereocenters. The maximum Gasteiger partial charge on any atom is 0.136 e. The Labute approximate surface area is 314 Å². The van der Waals surface area contributed by atoms with E-state index in [0.717, 1.165) is 60.9 Å². The average Bonchev–Trinajstić information content (AvgIpc) is 3.85. The van der Waals surface area contributed by atoms with Crippen molar-refractivity contribution in [3.8, 4) is 11.3 Å². The van der Waals surface area contributed by atoms with E-state index in [2.05, 4.69) is 178 Å². The number of rotatable bonds is 6. The topological polar surface area (TPSA) is 13.1 Å². The number of para-hydroxylation sites is 1. The third-order valence-corrected chi connectivity index (χ3v) is 11.6. The van der Waals surface area contributed by atoms with E-state index in [-0.39, 0.29) is 5.41 Å². The highest BCUT2D eigenvalue weighted by Crippen LogP contribution is 2.44. The predicted octanol–water partition coefficient (Wildman–Crippen LogP) is 14.8. The van der Waals surface area contributed by atoms with Crippen molar-refractivity contribution in [1.29, 1.82) is 0 Å². The van der Waals surface area contributed by atoms with Gasteiger partial charge in [-0.3, -0.25) is 0 Å². The number of thiophene rings is 1. The second-order valence-electron chi connectivity index (χ2n) is 14.3. The first-order valence-corrected chi connectivity index (χ1v) is 18.9. The van der Waals surface area contributed by atoms with Crippen LogP contribution in [-0.2, 0) is 5.41 Å². The molecular formula is C51H38OS. The van der Waals surface area contributed by atoms with Crippen molar-refractivity contribution in [2.45, 2.75) is 19.3 Å². The molecule has 1 nitrogen and oxygen atoms in total. The van der Waals surface area contributed by atoms with Crippen LogP contribution in [-0.4, -0.2) is 0 Å². The van der Waals surface area contributed by atoms with Gasteiger partial charge in [-0.2, -0.15) is 0 Å². The molecule has 2 heterocycles. The van der Waals surface area contributed by atoms with Crippen molar-refractivity contribution in [3.05, 3.63) is 211 Å². The van der Waals surface area contributed by atoms with Gasteiger partial charge < -0.3 is 4.42 Å². The van der Waals surface area contributed by atoms with Gasteiger partial charge in [0, 0.05) is 36.5 Å². The molecule has 6 aromatic carbocycles. The minimum atomic E-state index is -0.0193. The van der Waals surface area contributed by atoms with Crippen molar-refractivity contribution in [2.24, 2.45) is 0 Å². The Hall–Kier alpha value is -6.22. The van der Waals surface area contributed by atoms with Crippen molar-refractivity contribution < 1.29 is 4.42 Å². The first-order valence-electron chi connectivity index (χ1n) is 18.0. The predicted molar refractivity (Wildman–Crippen MR) is 230 cm³/mol. The van der Waals surface area contributed by atoms with Gasteiger partial charge in [-0.25, -0.2) is 0 Å². The fraction of sp³-hybridized carbons (Fsp3) is 0.0588. The van der Waals surface area contributed by atoms with Crippen LogP contribution in [0.5, 0.6) is 0 Å². The second-order valence-corrected chi connectivity index (χ2v) is 15.4. The molecular weight excluding hydrogens is 661 g/mol. The molecule has 0 spiro atoms. The Bertz CT molecular complexity index is 2870. The SMILES string of the molecule is C=C(/C=C\C1=CC(C)(C)c2ccccc21)c1ccccccc(C(=C)c2cc3c(cc2-c2cc4ccccc4o2)sc2ccccc23)c2ccccc12. The van der Waals surface area contributed by atoms with Crippen LogP contribution in [0.3, 0.4) is 0 Å². The Morgan fingerprint density at radius 3 is 2.06 bits per heavy atom. The maximum absolute atomic E-state index is 6.55. The summed E-state index contributed by atoms with van der Waals surface area (Å²) in [6.45, 7) is 14.0. The summed E-state index contributed by atoms with van der Waals surface area (Å²) in [5.41, 5.74) is 10.7. The van der Waals surface area contributed by atoms with Gasteiger partial charge in [0.2, 0.25) is 0 Å². The summed E-state index contributed by atoms with van der Waals surface area (Å²) in [6.07, 6.45) is 6.74. The molecule has 2 heteroatoms. The molecule has 0 aliphatic heterocycles. The monoisotopic (exact) mass is 698 g/mol. The molecule has 0 bridgehead atoms. The minimum absolute atomic E-state index is 0.0193. The summed E-state index contributed by atoms with van der Waals surface area (Å²) in [4.78, 5) is 0. The number of furan rings is 1. The zero-order chi connectivity index (χ0) is 36.1. The van der Waals surface area contributed by atoms with Gasteiger partial charge in [-0.1, -0.05) is 167 Å². The van der Waals surface area contributed by atoms with Crippen LogP contribution in [0.15, 0.2) is 187 Å². The normalized spacial score (nSPS) is 13.4. The van der Waals surface area contributed by atoms with E-state index >= 15 is 0 Å². The average molecular weight is 699 g/mol. The smallest absolute Gasteiger partial charge is 0.136 e. The highest BCUT2D eigenvalue weighted by atomic mass is 32.1. The number of hydrogen-bond acceptors (Lipinski definition) is 2. The second kappa shape index (κ2) is 13.1. The molecule has 0 radical (unpaired) electrons. The summed E-state index contributed by atoms with van der Waals surface area (Å²) >= 11 is 1.81. The highest BCUT2D eigenvalue weighted by molar-refractivity contribution is 7.25. The van der Waals surface area contributed by atoms with E-state index in [1.165, 1.54) is 36.9 Å². The minimum Gasteiger partial charge on any atom is -0.456 e. The van der Waals surface area contributed by atoms with E-state index in [0.29, 0.717) is 0 Å². The van der Waals surface area contributed by atoms with E-state index in [4.69, 9.17) is 11.0 Å². The molecule has 0 saturated heterocycles. The lowest BCUT2D eigenvalue weighted by atomic mass is 9.87. The van der Waals surface area contributed by atoms with Crippen LogP contribution >= 0.6 is 11.3 Å². The number of benzene rings is 5. The molecule has 0 fully saturated rings. The summed E-state index contributed by atoms with van der Waals surface area (Å²) in [7, 11) is 0. The first kappa shape index (κ1) is 32.7. The molecule has 9 rings (SSSR count). The van der Waals surface area contributed by atoms with Gasteiger partial charge in [0.25, 0.3) is 0 Å². The quantitative estimate of drug-likeness (QED) is 0.158. The molecule has 254 valence electrons. The van der Waals surface area contributed by atoms with Crippen molar-refractivity contribution in [2.75, 3.05) is 0 Å². The lowest BCUT2D eigenvalue weighted by Gasteiger charge is -2.16. The third kappa shape index (κ3) is 5.82. The molecule has 0 saturated carbocycles. The Morgan fingerprint density at radius 1 is 0.585 bits per heavy atom. The molecule has 8 aromatic rings. The van der Waals surface area contributed by atoms with Crippen molar-refractivity contribution >= 4 is 70.0 Å². The number of fused-ring (bicyclic) bond motifs is 6. The van der Waals surface area contributed by atoms with Gasteiger partial charge in [0.05, 0.1) is 0 Å². The van der Waals surface area contributed by atoms with Crippen molar-refractivity contribution in [1.82, 2.24) is 0 Å². The molecule has 0 N–H and O–H groups in total. The molecule has 1 aliphatic carbocycles. The Kier molecular flexibility index (Phi) is 8.06. The molecule has 0 amide bonds. The van der Waals surface area contributed by atoms with Gasteiger partial charge in [-0.15, -0.1) is 11.3 Å². The fourth-order valence-corrected chi connectivity index (χ4v) is 8.98. The third-order valence-electron chi connectivity index (χ3n) is 10.5. The van der Waals surface area contributed by atoms with Crippen molar-refractivity contribution in [3.63, 3.8) is 0 Å². The van der Waals surface area contributed by atoms with E-state index in [1.807, 2.05) is 23.5 Å². The Balaban J connectivity index is 1.23. The summed E-state index contributed by atoms with van der Waals surface area (Å²) in [5, 5.41) is 5.74. The lowest BCUT2D eigenvalue weighted by Crippen LogP contribution is -2.10. The van der Waals surface area contributed by atoms with Crippen LogP contribution in [0, 0.1) is 0 Å². The summed E-state index contributed by atoms with van der Waals surface area (Å²) < 4.78 is 9.03. The molecule has 0 atom stereocenters. The van der Waals surface area contributed by atoms with E-state index < -0.39 is 0 Å². The molecule has 53 heavy (non-hydrogen) atoms. The molecule has 2 aromatic heterocycles. The molecule has 1 aliphatic rings.